The standard InChI is InChI=1S/C10H14N4O/c1-10(2,3)6-4-5-7(12-6)13-9(11)14-8(5)15/h4H,1-3H3,(H4,11,12,13,14,15). The van der Waals surface area contributed by atoms with Crippen LogP contribution in [0.3, 0.4) is 0 Å². The van der Waals surface area contributed by atoms with Crippen molar-refractivity contribution in [3.05, 3.63) is 22.1 Å². The number of hydrogen-bond donors (Lipinski definition) is 3. The maximum atomic E-state index is 11.5. The number of anilines is 1. The maximum Gasteiger partial charge on any atom is 0.261 e. The van der Waals surface area contributed by atoms with Gasteiger partial charge in [0.05, 0.1) is 5.39 Å². The Morgan fingerprint density at radius 3 is 2.60 bits per heavy atom. The molecule has 0 fully saturated rings. The first-order valence-electron chi connectivity index (χ1n) is 4.77. The van der Waals surface area contributed by atoms with Crippen LogP contribution in [0.25, 0.3) is 11.0 Å². The molecule has 0 amide bonds. The van der Waals surface area contributed by atoms with Crippen LogP contribution in [0.1, 0.15) is 26.5 Å². The SMILES string of the molecule is CC(C)(C)c1cc2c(=O)[nH]c(N)nc2[nH]1. The molecule has 0 bridgehead atoms. The number of nitrogen functional groups attached to an aromatic ring is 1. The first kappa shape index (κ1) is 9.76. The summed E-state index contributed by atoms with van der Waals surface area (Å²) in [5.74, 6) is 0.134. The topological polar surface area (TPSA) is 87.6 Å². The van der Waals surface area contributed by atoms with Crippen LogP contribution in [-0.2, 0) is 5.41 Å². The van der Waals surface area contributed by atoms with Gasteiger partial charge in [0, 0.05) is 11.1 Å². The molecule has 0 saturated carbocycles. The van der Waals surface area contributed by atoms with Gasteiger partial charge in [0.15, 0.2) is 0 Å². The molecule has 2 aromatic rings. The average Bonchev–Trinajstić information content (AvgIpc) is 2.46. The summed E-state index contributed by atoms with van der Waals surface area (Å²) >= 11 is 0. The van der Waals surface area contributed by atoms with Gasteiger partial charge in [-0.15, -0.1) is 0 Å². The van der Waals surface area contributed by atoms with E-state index < -0.39 is 0 Å². The Balaban J connectivity index is 2.77. The second-order valence-electron chi connectivity index (χ2n) is 4.65. The summed E-state index contributed by atoms with van der Waals surface area (Å²) in [6.45, 7) is 6.19. The number of rotatable bonds is 0. The summed E-state index contributed by atoms with van der Waals surface area (Å²) in [6, 6.07) is 1.82. The van der Waals surface area contributed by atoms with Gasteiger partial charge in [0.2, 0.25) is 5.95 Å². The first-order valence-corrected chi connectivity index (χ1v) is 4.77. The monoisotopic (exact) mass is 206 g/mol. The van der Waals surface area contributed by atoms with Crippen LogP contribution < -0.4 is 11.3 Å². The van der Waals surface area contributed by atoms with Crippen molar-refractivity contribution in [2.24, 2.45) is 0 Å². The van der Waals surface area contributed by atoms with Crippen molar-refractivity contribution in [3.63, 3.8) is 0 Å². The molecule has 15 heavy (non-hydrogen) atoms. The Morgan fingerprint density at radius 2 is 2.00 bits per heavy atom. The number of nitrogens with two attached hydrogens (primary N) is 1. The molecule has 0 radical (unpaired) electrons. The zero-order valence-electron chi connectivity index (χ0n) is 9.01. The molecule has 80 valence electrons. The lowest BCUT2D eigenvalue weighted by atomic mass is 9.92. The predicted octanol–water partition coefficient (Wildman–Crippen LogP) is 1.13. The van der Waals surface area contributed by atoms with Crippen LogP contribution in [0.15, 0.2) is 10.9 Å². The highest BCUT2D eigenvalue weighted by Crippen LogP contribution is 2.23. The number of aromatic amines is 2. The quantitative estimate of drug-likeness (QED) is 0.603. The van der Waals surface area contributed by atoms with E-state index in [9.17, 15) is 4.79 Å². The molecular formula is C10H14N4O. The molecule has 0 aliphatic carbocycles. The second kappa shape index (κ2) is 2.85. The zero-order valence-corrected chi connectivity index (χ0v) is 9.01. The normalized spacial score (nSPS) is 12.2. The summed E-state index contributed by atoms with van der Waals surface area (Å²) < 4.78 is 0. The number of H-pyrrole nitrogens is 2. The lowest BCUT2D eigenvalue weighted by molar-refractivity contribution is 0.574. The third kappa shape index (κ3) is 1.60. The molecule has 5 heteroatoms. The van der Waals surface area contributed by atoms with Crippen LogP contribution in [0.5, 0.6) is 0 Å². The van der Waals surface area contributed by atoms with Crippen molar-refractivity contribution in [2.45, 2.75) is 26.2 Å². The minimum atomic E-state index is -0.204. The molecule has 0 saturated heterocycles. The highest BCUT2D eigenvalue weighted by atomic mass is 16.1. The fraction of sp³-hybridized carbons (Fsp3) is 0.400. The molecule has 0 aliphatic heterocycles. The average molecular weight is 206 g/mol. The van der Waals surface area contributed by atoms with Crippen molar-refractivity contribution in [3.8, 4) is 0 Å². The highest BCUT2D eigenvalue weighted by molar-refractivity contribution is 5.76. The largest absolute Gasteiger partial charge is 0.369 e. The molecule has 4 N–H and O–H groups in total. The summed E-state index contributed by atoms with van der Waals surface area (Å²) in [4.78, 5) is 21.2. The van der Waals surface area contributed by atoms with Crippen molar-refractivity contribution in [2.75, 3.05) is 5.73 Å². The fourth-order valence-electron chi connectivity index (χ4n) is 1.44. The minimum Gasteiger partial charge on any atom is -0.369 e. The van der Waals surface area contributed by atoms with E-state index in [0.29, 0.717) is 11.0 Å². The Bertz CT molecular complexity index is 559. The molecule has 0 unspecified atom stereocenters. The van der Waals surface area contributed by atoms with Gasteiger partial charge in [-0.05, 0) is 6.07 Å². The van der Waals surface area contributed by atoms with Crippen LogP contribution >= 0.6 is 0 Å². The molecule has 0 atom stereocenters. The van der Waals surface area contributed by atoms with E-state index in [1.54, 1.807) is 0 Å². The van der Waals surface area contributed by atoms with Crippen molar-refractivity contribution in [1.82, 2.24) is 15.0 Å². The van der Waals surface area contributed by atoms with Crippen molar-refractivity contribution in [1.29, 1.82) is 0 Å². The van der Waals surface area contributed by atoms with Crippen molar-refractivity contribution < 1.29 is 0 Å². The third-order valence-corrected chi connectivity index (χ3v) is 2.32. The third-order valence-electron chi connectivity index (χ3n) is 2.32. The maximum absolute atomic E-state index is 11.5. The van der Waals surface area contributed by atoms with E-state index in [0.717, 1.165) is 5.69 Å². The lowest BCUT2D eigenvalue weighted by Gasteiger charge is -2.15. The van der Waals surface area contributed by atoms with Gasteiger partial charge in [-0.1, -0.05) is 20.8 Å². The lowest BCUT2D eigenvalue weighted by Crippen LogP contribution is -2.11. The Morgan fingerprint density at radius 1 is 1.33 bits per heavy atom. The second-order valence-corrected chi connectivity index (χ2v) is 4.65. The van der Waals surface area contributed by atoms with E-state index in [1.807, 2.05) is 6.07 Å². The van der Waals surface area contributed by atoms with Crippen LogP contribution in [-0.4, -0.2) is 15.0 Å². The number of hydrogen-bond acceptors (Lipinski definition) is 3. The van der Waals surface area contributed by atoms with E-state index in [4.69, 9.17) is 5.73 Å². The van der Waals surface area contributed by atoms with Gasteiger partial charge >= 0.3 is 0 Å². The molecule has 5 nitrogen and oxygen atoms in total. The van der Waals surface area contributed by atoms with Crippen molar-refractivity contribution >= 4 is 17.0 Å². The summed E-state index contributed by atoms with van der Waals surface area (Å²) in [7, 11) is 0. The molecular weight excluding hydrogens is 192 g/mol. The summed E-state index contributed by atoms with van der Waals surface area (Å²) in [6.07, 6.45) is 0. The van der Waals surface area contributed by atoms with Gasteiger partial charge in [0.1, 0.15) is 5.65 Å². The van der Waals surface area contributed by atoms with Gasteiger partial charge in [-0.2, -0.15) is 4.98 Å². The van der Waals surface area contributed by atoms with Crippen LogP contribution in [0.4, 0.5) is 5.95 Å². The Hall–Kier alpha value is -1.78. The van der Waals surface area contributed by atoms with E-state index in [2.05, 4.69) is 35.7 Å². The highest BCUT2D eigenvalue weighted by Gasteiger charge is 2.17. The van der Waals surface area contributed by atoms with Gasteiger partial charge in [-0.3, -0.25) is 9.78 Å². The number of nitrogens with zero attached hydrogens (tertiary/aromatic N) is 1. The molecule has 0 aliphatic rings. The molecule has 2 aromatic heterocycles. The van der Waals surface area contributed by atoms with E-state index >= 15 is 0 Å². The van der Waals surface area contributed by atoms with E-state index in [1.165, 1.54) is 0 Å². The zero-order chi connectivity index (χ0) is 11.2. The van der Waals surface area contributed by atoms with Crippen LogP contribution in [0, 0.1) is 0 Å². The first-order chi connectivity index (χ1) is 6.88. The van der Waals surface area contributed by atoms with Gasteiger partial charge in [-0.25, -0.2) is 0 Å². The fourth-order valence-corrected chi connectivity index (χ4v) is 1.44. The number of nitrogens with one attached hydrogen (secondary N) is 2. The number of fused-ring (bicyclic) bond motifs is 1. The Labute approximate surface area is 86.7 Å². The molecule has 0 aromatic carbocycles. The Kier molecular flexibility index (Phi) is 1.86. The minimum absolute atomic E-state index is 0.0398. The predicted molar refractivity (Wildman–Crippen MR) is 59.8 cm³/mol. The summed E-state index contributed by atoms with van der Waals surface area (Å²) in [5, 5.41) is 0.550. The molecule has 0 spiro atoms. The molecule has 2 rings (SSSR count). The smallest absolute Gasteiger partial charge is 0.261 e. The van der Waals surface area contributed by atoms with Gasteiger partial charge in [0.25, 0.3) is 5.56 Å². The van der Waals surface area contributed by atoms with Crippen LogP contribution in [0.2, 0.25) is 0 Å². The summed E-state index contributed by atoms with van der Waals surface area (Å²) in [5.41, 5.74) is 6.73. The molecule has 2 heterocycles. The number of aromatic nitrogens is 3. The van der Waals surface area contributed by atoms with Gasteiger partial charge < -0.3 is 10.7 Å². The van der Waals surface area contributed by atoms with E-state index in [-0.39, 0.29) is 16.9 Å².